The third kappa shape index (κ3) is 15.9. The van der Waals surface area contributed by atoms with Gasteiger partial charge in [0.25, 0.3) is 0 Å². The summed E-state index contributed by atoms with van der Waals surface area (Å²) < 4.78 is 0. The lowest BCUT2D eigenvalue weighted by Crippen LogP contribution is -2.44. The fourth-order valence-electron chi connectivity index (χ4n) is 1.56. The van der Waals surface area contributed by atoms with Gasteiger partial charge in [-0.2, -0.15) is 0 Å². The van der Waals surface area contributed by atoms with E-state index in [0.717, 1.165) is 31.5 Å². The molecule has 0 aromatic heterocycles. The minimum Gasteiger partial charge on any atom is -0.356 e. The van der Waals surface area contributed by atoms with Crippen LogP contribution in [0, 0.1) is 5.92 Å². The van der Waals surface area contributed by atoms with Crippen molar-refractivity contribution in [1.29, 1.82) is 0 Å². The Labute approximate surface area is 136 Å². The van der Waals surface area contributed by atoms with Crippen LogP contribution >= 0.6 is 24.0 Å². The third-order valence-electron chi connectivity index (χ3n) is 2.55. The number of nitrogens with zero attached hydrogens (tertiary/aromatic N) is 1. The predicted molar refractivity (Wildman–Crippen MR) is 96.6 cm³/mol. The molecule has 4 nitrogen and oxygen atoms in total. The molecule has 19 heavy (non-hydrogen) atoms. The van der Waals surface area contributed by atoms with E-state index in [1.165, 1.54) is 12.8 Å². The molecule has 0 aromatic rings. The second kappa shape index (κ2) is 11.8. The zero-order valence-electron chi connectivity index (χ0n) is 13.5. The molecule has 0 heterocycles. The fraction of sp³-hybridized carbons (Fsp3) is 0.929. The van der Waals surface area contributed by atoms with Crippen LogP contribution in [0.3, 0.4) is 0 Å². The molecule has 0 amide bonds. The largest absolute Gasteiger partial charge is 0.356 e. The molecule has 0 saturated carbocycles. The highest BCUT2D eigenvalue weighted by atomic mass is 127. The van der Waals surface area contributed by atoms with E-state index >= 15 is 0 Å². The molecule has 0 aromatic carbocycles. The summed E-state index contributed by atoms with van der Waals surface area (Å²) in [5, 5.41) is 10.1. The average molecular weight is 384 g/mol. The van der Waals surface area contributed by atoms with E-state index in [1.54, 1.807) is 0 Å². The smallest absolute Gasteiger partial charge is 0.191 e. The Morgan fingerprint density at radius 3 is 2.11 bits per heavy atom. The van der Waals surface area contributed by atoms with Crippen molar-refractivity contribution in [2.75, 3.05) is 26.7 Å². The lowest BCUT2D eigenvalue weighted by atomic mass is 10.1. The Morgan fingerprint density at radius 2 is 1.63 bits per heavy atom. The first kappa shape index (κ1) is 21.3. The summed E-state index contributed by atoms with van der Waals surface area (Å²) in [6.45, 7) is 13.8. The van der Waals surface area contributed by atoms with Crippen molar-refractivity contribution < 1.29 is 0 Å². The summed E-state index contributed by atoms with van der Waals surface area (Å²) in [6.07, 6.45) is 2.45. The molecule has 3 N–H and O–H groups in total. The van der Waals surface area contributed by atoms with Crippen LogP contribution in [0.5, 0.6) is 0 Å². The number of rotatable bonds is 7. The number of aliphatic imine (C=N–C) groups is 1. The molecule has 0 radical (unpaired) electrons. The first-order valence-corrected chi connectivity index (χ1v) is 7.04. The first-order valence-electron chi connectivity index (χ1n) is 7.04. The highest BCUT2D eigenvalue weighted by Crippen LogP contribution is 2.01. The highest BCUT2D eigenvalue weighted by molar-refractivity contribution is 14.0. The standard InChI is InChI=1S/C14H32N4.HI/c1-12(2)8-7-9-16-13(15-6)17-10-11-18-14(3,4)5;/h12,18H,7-11H2,1-6H3,(H2,15,16,17);1H. The normalized spacial score (nSPS) is 12.3. The van der Waals surface area contributed by atoms with E-state index in [-0.39, 0.29) is 29.5 Å². The Kier molecular flexibility index (Phi) is 13.2. The third-order valence-corrected chi connectivity index (χ3v) is 2.55. The molecule has 0 aliphatic carbocycles. The number of guanidine groups is 1. The monoisotopic (exact) mass is 384 g/mol. The van der Waals surface area contributed by atoms with Gasteiger partial charge in [0.05, 0.1) is 0 Å². The summed E-state index contributed by atoms with van der Waals surface area (Å²) in [5.74, 6) is 1.67. The maximum Gasteiger partial charge on any atom is 0.191 e. The number of hydrogen-bond acceptors (Lipinski definition) is 2. The Morgan fingerprint density at radius 1 is 1.05 bits per heavy atom. The first-order chi connectivity index (χ1) is 8.35. The van der Waals surface area contributed by atoms with Gasteiger partial charge < -0.3 is 16.0 Å². The highest BCUT2D eigenvalue weighted by Gasteiger charge is 2.07. The molecule has 0 saturated heterocycles. The second-order valence-electron chi connectivity index (χ2n) is 6.14. The number of nitrogens with one attached hydrogen (secondary N) is 3. The van der Waals surface area contributed by atoms with Crippen molar-refractivity contribution in [3.8, 4) is 0 Å². The summed E-state index contributed by atoms with van der Waals surface area (Å²) >= 11 is 0. The van der Waals surface area contributed by atoms with Crippen molar-refractivity contribution in [2.24, 2.45) is 10.9 Å². The molecule has 0 bridgehead atoms. The summed E-state index contributed by atoms with van der Waals surface area (Å²) in [6, 6.07) is 0. The van der Waals surface area contributed by atoms with Gasteiger partial charge in [-0.1, -0.05) is 13.8 Å². The Bertz CT molecular complexity index is 234. The minimum atomic E-state index is 0. The molecule has 0 fully saturated rings. The fourth-order valence-corrected chi connectivity index (χ4v) is 1.56. The zero-order chi connectivity index (χ0) is 14.0. The minimum absolute atomic E-state index is 0. The predicted octanol–water partition coefficient (Wildman–Crippen LogP) is 2.59. The molecule has 0 aliphatic heterocycles. The van der Waals surface area contributed by atoms with Gasteiger partial charge in [-0.25, -0.2) is 0 Å². The van der Waals surface area contributed by atoms with Gasteiger partial charge in [0.2, 0.25) is 0 Å². The maximum atomic E-state index is 4.21. The van der Waals surface area contributed by atoms with Crippen LogP contribution in [0.15, 0.2) is 4.99 Å². The van der Waals surface area contributed by atoms with Crippen LogP contribution in [-0.2, 0) is 0 Å². The van der Waals surface area contributed by atoms with Crippen LogP contribution in [0.25, 0.3) is 0 Å². The maximum absolute atomic E-state index is 4.21. The van der Waals surface area contributed by atoms with Gasteiger partial charge in [-0.3, -0.25) is 4.99 Å². The van der Waals surface area contributed by atoms with E-state index in [2.05, 4.69) is 55.6 Å². The van der Waals surface area contributed by atoms with Crippen molar-refractivity contribution in [3.05, 3.63) is 0 Å². The van der Waals surface area contributed by atoms with E-state index in [0.29, 0.717) is 0 Å². The van der Waals surface area contributed by atoms with Crippen molar-refractivity contribution >= 4 is 29.9 Å². The summed E-state index contributed by atoms with van der Waals surface area (Å²) in [4.78, 5) is 4.21. The van der Waals surface area contributed by atoms with Gasteiger partial charge in [-0.05, 0) is 39.5 Å². The molecule has 0 aliphatic rings. The Balaban J connectivity index is 0. The van der Waals surface area contributed by atoms with Gasteiger partial charge in [0, 0.05) is 32.2 Å². The summed E-state index contributed by atoms with van der Waals surface area (Å²) in [7, 11) is 1.81. The van der Waals surface area contributed by atoms with Gasteiger partial charge in [0.1, 0.15) is 0 Å². The van der Waals surface area contributed by atoms with Crippen LogP contribution in [0.2, 0.25) is 0 Å². The SMILES string of the molecule is CN=C(NCCCC(C)C)NCCNC(C)(C)C.I. The van der Waals surface area contributed by atoms with E-state index in [1.807, 2.05) is 7.05 Å². The molecule has 0 rings (SSSR count). The molecule has 0 spiro atoms. The lowest BCUT2D eigenvalue weighted by Gasteiger charge is -2.21. The second-order valence-corrected chi connectivity index (χ2v) is 6.14. The molecule has 116 valence electrons. The Hall–Kier alpha value is -0.0400. The van der Waals surface area contributed by atoms with E-state index in [4.69, 9.17) is 0 Å². The zero-order valence-corrected chi connectivity index (χ0v) is 15.8. The van der Waals surface area contributed by atoms with Crippen molar-refractivity contribution in [2.45, 2.75) is 53.0 Å². The van der Waals surface area contributed by atoms with Gasteiger partial charge in [0.15, 0.2) is 5.96 Å². The quantitative estimate of drug-likeness (QED) is 0.274. The summed E-state index contributed by atoms with van der Waals surface area (Å²) in [5.41, 5.74) is 0.176. The molecule has 5 heteroatoms. The van der Waals surface area contributed by atoms with E-state index in [9.17, 15) is 0 Å². The molecule has 0 unspecified atom stereocenters. The van der Waals surface area contributed by atoms with Crippen molar-refractivity contribution in [3.63, 3.8) is 0 Å². The van der Waals surface area contributed by atoms with E-state index < -0.39 is 0 Å². The van der Waals surface area contributed by atoms with Crippen LogP contribution in [0.1, 0.15) is 47.5 Å². The molecular weight excluding hydrogens is 351 g/mol. The average Bonchev–Trinajstić information content (AvgIpc) is 2.25. The number of hydrogen-bond donors (Lipinski definition) is 3. The lowest BCUT2D eigenvalue weighted by molar-refractivity contribution is 0.428. The van der Waals surface area contributed by atoms with Crippen molar-refractivity contribution in [1.82, 2.24) is 16.0 Å². The van der Waals surface area contributed by atoms with Crippen LogP contribution in [0.4, 0.5) is 0 Å². The molecule has 0 atom stereocenters. The van der Waals surface area contributed by atoms with Gasteiger partial charge >= 0.3 is 0 Å². The van der Waals surface area contributed by atoms with Gasteiger partial charge in [-0.15, -0.1) is 24.0 Å². The van der Waals surface area contributed by atoms with Crippen LogP contribution < -0.4 is 16.0 Å². The topological polar surface area (TPSA) is 48.5 Å². The van der Waals surface area contributed by atoms with Crippen LogP contribution in [-0.4, -0.2) is 38.2 Å². The number of halogens is 1. The molecular formula is C14H33IN4.